The first-order valence-electron chi connectivity index (χ1n) is 14.2. The van der Waals surface area contributed by atoms with Crippen LogP contribution in [0, 0.1) is 0 Å². The molecule has 0 aliphatic rings. The molecule has 6 heteroatoms. The second-order valence-electron chi connectivity index (χ2n) is 9.42. The SMILES string of the molecule is CCCCCCCCOC(CCCCCCCC)(CC(=O)[O-])C(=O)[O-].CCC[CH2][Sn+2][CH2]CCC. The molecule has 0 aliphatic heterocycles. The summed E-state index contributed by atoms with van der Waals surface area (Å²) in [6.45, 7) is 9.12. The van der Waals surface area contributed by atoms with Gasteiger partial charge >= 0.3 is 69.5 Å². The Bertz CT molecular complexity index is 452. The average Bonchev–Trinajstić information content (AvgIpc) is 2.80. The van der Waals surface area contributed by atoms with Gasteiger partial charge in [0, 0.05) is 19.0 Å². The quantitative estimate of drug-likeness (QED) is 0.104. The Kier molecular flexibility index (Phi) is 28.8. The predicted octanol–water partition coefficient (Wildman–Crippen LogP) is 5.87. The number of carboxylic acid groups (broad SMARTS) is 2. The molecule has 34 heavy (non-hydrogen) atoms. The number of unbranched alkanes of at least 4 members (excludes halogenated alkanes) is 12. The molecule has 0 fully saturated rings. The number of aliphatic carboxylic acids is 2. The monoisotopic (exact) mass is 590 g/mol. The van der Waals surface area contributed by atoms with Crippen LogP contribution >= 0.6 is 0 Å². The molecule has 0 bridgehead atoms. The van der Waals surface area contributed by atoms with Gasteiger partial charge in [-0.15, -0.1) is 0 Å². The molecule has 0 spiro atoms. The van der Waals surface area contributed by atoms with E-state index < -0.39 is 24.0 Å². The van der Waals surface area contributed by atoms with Crippen molar-refractivity contribution in [3.05, 3.63) is 0 Å². The van der Waals surface area contributed by atoms with Gasteiger partial charge in [-0.3, -0.25) is 0 Å². The fourth-order valence-electron chi connectivity index (χ4n) is 3.75. The van der Waals surface area contributed by atoms with E-state index in [-0.39, 0.29) is 34.2 Å². The number of carbonyl (C=O) groups excluding carboxylic acids is 2. The van der Waals surface area contributed by atoms with Crippen LogP contribution < -0.4 is 10.2 Å². The number of carboxylic acids is 2. The van der Waals surface area contributed by atoms with Crippen molar-refractivity contribution in [2.24, 2.45) is 0 Å². The van der Waals surface area contributed by atoms with Gasteiger partial charge in [0.1, 0.15) is 5.60 Å². The van der Waals surface area contributed by atoms with Crippen molar-refractivity contribution in [3.8, 4) is 0 Å². The van der Waals surface area contributed by atoms with Gasteiger partial charge in [0.25, 0.3) is 0 Å². The summed E-state index contributed by atoms with van der Waals surface area (Å²) in [5, 5.41) is 22.6. The summed E-state index contributed by atoms with van der Waals surface area (Å²) in [5.74, 6) is -2.84. The summed E-state index contributed by atoms with van der Waals surface area (Å²) >= 11 is 0.149. The second-order valence-corrected chi connectivity index (χ2v) is 13.7. The summed E-state index contributed by atoms with van der Waals surface area (Å²) in [5.41, 5.74) is -1.74. The van der Waals surface area contributed by atoms with Crippen LogP contribution in [0.4, 0.5) is 0 Å². The summed E-state index contributed by atoms with van der Waals surface area (Å²) < 4.78 is 8.80. The van der Waals surface area contributed by atoms with Crippen molar-refractivity contribution in [1.29, 1.82) is 0 Å². The third-order valence-corrected chi connectivity index (χ3v) is 10.1. The molecule has 0 aromatic rings. The van der Waals surface area contributed by atoms with Crippen molar-refractivity contribution in [2.75, 3.05) is 6.61 Å². The van der Waals surface area contributed by atoms with Crippen molar-refractivity contribution in [1.82, 2.24) is 0 Å². The molecule has 0 radical (unpaired) electrons. The normalized spacial score (nSPS) is 12.4. The second kappa shape index (κ2) is 27.3. The van der Waals surface area contributed by atoms with Crippen LogP contribution in [-0.4, -0.2) is 45.3 Å². The number of ether oxygens (including phenoxy) is 1. The molecule has 0 aromatic carbocycles. The predicted molar refractivity (Wildman–Crippen MR) is 140 cm³/mol. The topological polar surface area (TPSA) is 89.5 Å². The van der Waals surface area contributed by atoms with E-state index in [1.807, 2.05) is 0 Å². The van der Waals surface area contributed by atoms with E-state index in [4.69, 9.17) is 4.74 Å². The van der Waals surface area contributed by atoms with E-state index >= 15 is 0 Å². The van der Waals surface area contributed by atoms with Gasteiger partial charge in [-0.05, 0) is 12.8 Å². The maximum absolute atomic E-state index is 11.6. The molecule has 0 saturated carbocycles. The molecular formula is C28H54O5Sn. The van der Waals surface area contributed by atoms with Crippen LogP contribution in [0.5, 0.6) is 0 Å². The summed E-state index contributed by atoms with van der Waals surface area (Å²) in [6, 6.07) is 0. The summed E-state index contributed by atoms with van der Waals surface area (Å²) in [7, 11) is 0. The van der Waals surface area contributed by atoms with Crippen molar-refractivity contribution in [3.63, 3.8) is 0 Å². The van der Waals surface area contributed by atoms with Gasteiger partial charge < -0.3 is 24.5 Å². The Morgan fingerprint density at radius 3 is 1.53 bits per heavy atom. The Hall–Kier alpha value is -0.301. The molecule has 0 aliphatic carbocycles. The van der Waals surface area contributed by atoms with E-state index in [2.05, 4.69) is 27.7 Å². The van der Waals surface area contributed by atoms with Crippen molar-refractivity contribution < 1.29 is 24.5 Å². The standard InChI is InChI=1S/C20H38O5.2C4H9.Sn/c1-3-5-7-9-11-13-15-20(19(23)24,17-18(21)22)25-16-14-12-10-8-6-4-2;2*1-3-4-2;/h3-17H2,1-2H3,(H,21,22)(H,23,24);2*1,3-4H2,2H3;/q;;;+2/p-2. The van der Waals surface area contributed by atoms with E-state index in [9.17, 15) is 19.8 Å². The van der Waals surface area contributed by atoms with E-state index in [0.717, 1.165) is 44.9 Å². The number of hydrogen-bond acceptors (Lipinski definition) is 5. The fraction of sp³-hybridized carbons (Fsp3) is 0.929. The molecular weight excluding hydrogens is 535 g/mol. The minimum atomic E-state index is -1.74. The van der Waals surface area contributed by atoms with Crippen LogP contribution in [0.1, 0.15) is 143 Å². The zero-order valence-electron chi connectivity index (χ0n) is 22.9. The van der Waals surface area contributed by atoms with Crippen LogP contribution in [0.25, 0.3) is 0 Å². The first kappa shape index (κ1) is 35.9. The number of hydrogen-bond donors (Lipinski definition) is 0. The van der Waals surface area contributed by atoms with Gasteiger partial charge in [0.05, 0.1) is 5.97 Å². The van der Waals surface area contributed by atoms with Gasteiger partial charge in [0.2, 0.25) is 0 Å². The zero-order chi connectivity index (χ0) is 25.9. The third kappa shape index (κ3) is 23.4. The van der Waals surface area contributed by atoms with Crippen LogP contribution in [0.15, 0.2) is 0 Å². The van der Waals surface area contributed by atoms with Gasteiger partial charge in [-0.1, -0.05) is 84.5 Å². The van der Waals surface area contributed by atoms with E-state index in [1.54, 1.807) is 8.87 Å². The van der Waals surface area contributed by atoms with Crippen molar-refractivity contribution in [2.45, 2.75) is 158 Å². The molecule has 0 N–H and O–H groups in total. The van der Waals surface area contributed by atoms with Gasteiger partial charge in [-0.2, -0.15) is 0 Å². The molecule has 200 valence electrons. The summed E-state index contributed by atoms with van der Waals surface area (Å²) in [4.78, 5) is 22.6. The fourth-order valence-corrected chi connectivity index (χ4v) is 7.91. The number of rotatable bonds is 24. The minimum absolute atomic E-state index is 0.149. The average molecular weight is 589 g/mol. The van der Waals surface area contributed by atoms with Crippen molar-refractivity contribution >= 4 is 33.1 Å². The zero-order valence-corrected chi connectivity index (χ0v) is 25.7. The summed E-state index contributed by atoms with van der Waals surface area (Å²) in [6.07, 6.45) is 17.7. The van der Waals surface area contributed by atoms with Crippen LogP contribution in [0.2, 0.25) is 8.87 Å². The maximum atomic E-state index is 11.6. The Morgan fingerprint density at radius 2 is 1.09 bits per heavy atom. The molecule has 0 amide bonds. The molecule has 0 aromatic heterocycles. The van der Waals surface area contributed by atoms with Gasteiger partial charge in [-0.25, -0.2) is 0 Å². The van der Waals surface area contributed by atoms with E-state index in [0.29, 0.717) is 6.42 Å². The Balaban J connectivity index is 0. The Labute approximate surface area is 221 Å². The van der Waals surface area contributed by atoms with Crippen LogP contribution in [-0.2, 0) is 14.3 Å². The molecule has 1 atom stereocenters. The Morgan fingerprint density at radius 1 is 0.647 bits per heavy atom. The number of carbonyl (C=O) groups is 2. The van der Waals surface area contributed by atoms with Gasteiger partial charge in [0.15, 0.2) is 0 Å². The molecule has 1 unspecified atom stereocenters. The third-order valence-electron chi connectivity index (χ3n) is 6.03. The van der Waals surface area contributed by atoms with E-state index in [1.165, 1.54) is 51.4 Å². The first-order valence-corrected chi connectivity index (χ1v) is 18.2. The molecule has 0 saturated heterocycles. The van der Waals surface area contributed by atoms with Crippen LogP contribution in [0.3, 0.4) is 0 Å². The molecule has 0 heterocycles. The molecule has 0 rings (SSSR count). The molecule has 5 nitrogen and oxygen atoms in total. The first-order chi connectivity index (χ1) is 16.4.